The van der Waals surface area contributed by atoms with E-state index in [4.69, 9.17) is 4.74 Å². The molecule has 0 saturated carbocycles. The fourth-order valence-corrected chi connectivity index (χ4v) is 19.3. The van der Waals surface area contributed by atoms with Crippen LogP contribution in [0.1, 0.15) is 59.3 Å². The van der Waals surface area contributed by atoms with E-state index in [1.807, 2.05) is 12.1 Å². The molecule has 0 saturated heterocycles. The van der Waals surface area contributed by atoms with Gasteiger partial charge in [0.15, 0.2) is 0 Å². The summed E-state index contributed by atoms with van der Waals surface area (Å²) in [5, 5.41) is 10.5. The van der Waals surface area contributed by atoms with Crippen molar-refractivity contribution >= 4 is 27.9 Å². The van der Waals surface area contributed by atoms with Crippen molar-refractivity contribution in [2.75, 3.05) is 6.61 Å². The molecule has 24 heavy (non-hydrogen) atoms. The summed E-state index contributed by atoms with van der Waals surface area (Å²) in [6.07, 6.45) is 7.82. The molecular formula is C20H33O3Sn-. The van der Waals surface area contributed by atoms with Gasteiger partial charge in [-0.2, -0.15) is 0 Å². The Morgan fingerprint density at radius 2 is 1.38 bits per heavy atom. The maximum atomic E-state index is 10.5. The molecule has 0 aliphatic heterocycles. The van der Waals surface area contributed by atoms with Crippen molar-refractivity contribution in [2.45, 2.75) is 72.6 Å². The number of rotatable bonds is 13. The molecule has 0 bridgehead atoms. The second-order valence-electron chi connectivity index (χ2n) is 6.78. The van der Waals surface area contributed by atoms with E-state index in [2.05, 4.69) is 32.9 Å². The Kier molecular flexibility index (Phi) is 10.5. The Morgan fingerprint density at radius 3 is 1.75 bits per heavy atom. The molecule has 0 aliphatic carbocycles. The first kappa shape index (κ1) is 21.3. The monoisotopic (exact) mass is 441 g/mol. The zero-order valence-corrected chi connectivity index (χ0v) is 18.5. The predicted molar refractivity (Wildman–Crippen MR) is 101 cm³/mol. The average Bonchev–Trinajstić information content (AvgIpc) is 2.60. The van der Waals surface area contributed by atoms with Crippen LogP contribution in [0.5, 0.6) is 5.75 Å². The van der Waals surface area contributed by atoms with Gasteiger partial charge >= 0.3 is 152 Å². The van der Waals surface area contributed by atoms with Crippen molar-refractivity contribution in [3.05, 3.63) is 24.3 Å². The minimum absolute atomic E-state index is 0.380. The summed E-state index contributed by atoms with van der Waals surface area (Å²) in [6.45, 7) is 6.47. The molecule has 1 aromatic rings. The molecule has 4 heteroatoms. The van der Waals surface area contributed by atoms with E-state index in [1.54, 1.807) is 3.58 Å². The Morgan fingerprint density at radius 1 is 0.917 bits per heavy atom. The van der Waals surface area contributed by atoms with Gasteiger partial charge in [-0.25, -0.2) is 0 Å². The number of benzene rings is 1. The number of carboxylic acids is 1. The van der Waals surface area contributed by atoms with Crippen LogP contribution in [-0.4, -0.2) is 31.0 Å². The van der Waals surface area contributed by atoms with E-state index in [9.17, 15) is 9.90 Å². The molecule has 0 radical (unpaired) electrons. The number of ether oxygens (including phenoxy) is 1. The van der Waals surface area contributed by atoms with Crippen LogP contribution in [0.15, 0.2) is 24.3 Å². The summed E-state index contributed by atoms with van der Waals surface area (Å²) in [5.74, 6) is -0.550. The van der Waals surface area contributed by atoms with E-state index in [0.29, 0.717) is 5.75 Å². The number of aliphatic carboxylic acids is 1. The quantitative estimate of drug-likeness (QED) is 0.438. The van der Waals surface area contributed by atoms with Gasteiger partial charge in [0.1, 0.15) is 0 Å². The second kappa shape index (κ2) is 11.8. The maximum absolute atomic E-state index is 10.5. The summed E-state index contributed by atoms with van der Waals surface area (Å²) >= 11 is -2.37. The van der Waals surface area contributed by atoms with Crippen LogP contribution in [0.4, 0.5) is 0 Å². The molecule has 3 nitrogen and oxygen atoms in total. The van der Waals surface area contributed by atoms with Gasteiger partial charge in [-0.1, -0.05) is 0 Å². The molecule has 0 atom stereocenters. The first-order valence-corrected chi connectivity index (χ1v) is 17.0. The standard InChI is InChI=1S/C8H7O3.3C4H9.Sn/c9-8(10)6-11-7-4-2-1-3-5-7;3*1-3-4-2;/h2-5H,6H2,(H,9,10);3*1,3-4H2,2H3;/p-1. The summed E-state index contributed by atoms with van der Waals surface area (Å²) < 4.78 is 11.1. The number of carbonyl (C=O) groups excluding carboxylic acids is 1. The van der Waals surface area contributed by atoms with Gasteiger partial charge in [-0.3, -0.25) is 0 Å². The molecule has 0 heterocycles. The van der Waals surface area contributed by atoms with Gasteiger partial charge in [-0.15, -0.1) is 0 Å². The summed E-state index contributed by atoms with van der Waals surface area (Å²) in [7, 11) is 0. The Bertz CT molecular complexity index is 449. The molecule has 1 rings (SSSR count). The number of hydrogen-bond donors (Lipinski definition) is 0. The van der Waals surface area contributed by atoms with E-state index >= 15 is 0 Å². The zero-order valence-electron chi connectivity index (χ0n) is 15.6. The number of carboxylic acid groups (broad SMARTS) is 1. The van der Waals surface area contributed by atoms with Crippen LogP contribution >= 0.6 is 0 Å². The van der Waals surface area contributed by atoms with Crippen LogP contribution in [0, 0.1) is 0 Å². The number of hydrogen-bond acceptors (Lipinski definition) is 3. The van der Waals surface area contributed by atoms with Gasteiger partial charge in [0.25, 0.3) is 0 Å². The van der Waals surface area contributed by atoms with Gasteiger partial charge in [0.2, 0.25) is 0 Å². The van der Waals surface area contributed by atoms with Crippen molar-refractivity contribution in [3.8, 4) is 5.75 Å². The van der Waals surface area contributed by atoms with E-state index in [0.717, 1.165) is 0 Å². The van der Waals surface area contributed by atoms with Gasteiger partial charge < -0.3 is 0 Å². The van der Waals surface area contributed by atoms with Gasteiger partial charge in [0.05, 0.1) is 0 Å². The molecule has 0 aromatic heterocycles. The third kappa shape index (κ3) is 7.04. The topological polar surface area (TPSA) is 49.4 Å². The fraction of sp³-hybridized carbons (Fsp3) is 0.650. The third-order valence-electron chi connectivity index (χ3n) is 4.85. The third-order valence-corrected chi connectivity index (χ3v) is 20.5. The average molecular weight is 440 g/mol. The molecule has 1 aromatic carbocycles. The first-order valence-electron chi connectivity index (χ1n) is 9.51. The van der Waals surface area contributed by atoms with E-state index < -0.39 is 24.3 Å². The van der Waals surface area contributed by atoms with Crippen LogP contribution in [-0.2, 0) is 4.79 Å². The normalized spacial score (nSPS) is 11.5. The Balaban J connectivity index is 2.98. The molecule has 0 aliphatic rings. The zero-order chi connectivity index (χ0) is 17.8. The second-order valence-corrected chi connectivity index (χ2v) is 20.0. The van der Waals surface area contributed by atoms with Crippen molar-refractivity contribution in [2.24, 2.45) is 0 Å². The van der Waals surface area contributed by atoms with Crippen LogP contribution in [0.3, 0.4) is 0 Å². The van der Waals surface area contributed by atoms with E-state index in [1.165, 1.54) is 51.8 Å². The molecule has 0 spiro atoms. The van der Waals surface area contributed by atoms with Crippen molar-refractivity contribution in [3.63, 3.8) is 0 Å². The van der Waals surface area contributed by atoms with Gasteiger partial charge in [0, 0.05) is 0 Å². The molecule has 0 unspecified atom stereocenters. The molecule has 0 N–H and O–H groups in total. The minimum atomic E-state index is -2.37. The summed E-state index contributed by atoms with van der Waals surface area (Å²) in [5.41, 5.74) is 0. The Hall–Kier alpha value is -0.711. The number of carbonyl (C=O) groups is 1. The Labute approximate surface area is 151 Å². The molecular weight excluding hydrogens is 407 g/mol. The fourth-order valence-electron chi connectivity index (χ4n) is 3.40. The van der Waals surface area contributed by atoms with Gasteiger partial charge in [-0.05, 0) is 0 Å². The molecule has 136 valence electrons. The van der Waals surface area contributed by atoms with Crippen LogP contribution in [0.25, 0.3) is 0 Å². The van der Waals surface area contributed by atoms with Crippen LogP contribution in [0.2, 0.25) is 13.3 Å². The molecule has 0 amide bonds. The predicted octanol–water partition coefficient (Wildman–Crippen LogP) is 3.87. The summed E-state index contributed by atoms with van der Waals surface area (Å²) in [4.78, 5) is 10.5. The van der Waals surface area contributed by atoms with Crippen molar-refractivity contribution in [1.29, 1.82) is 0 Å². The first-order chi connectivity index (χ1) is 11.6. The van der Waals surface area contributed by atoms with Crippen molar-refractivity contribution < 1.29 is 14.6 Å². The van der Waals surface area contributed by atoms with Crippen molar-refractivity contribution in [1.82, 2.24) is 0 Å². The van der Waals surface area contributed by atoms with E-state index in [-0.39, 0.29) is 6.61 Å². The molecule has 0 fully saturated rings. The number of unbranched alkanes of at least 4 members (excludes halogenated alkanes) is 3. The van der Waals surface area contributed by atoms with Crippen LogP contribution < -0.4 is 13.4 Å². The summed E-state index contributed by atoms with van der Waals surface area (Å²) in [6, 6.07) is 8.35. The SMILES string of the molecule is CCC[CH2][Sn]([CH2]CCC)([CH2]CCC)[c]1ccc(OCC(=O)[O-])cc1.